The van der Waals surface area contributed by atoms with Crippen LogP contribution in [-0.2, 0) is 4.74 Å². The van der Waals surface area contributed by atoms with Gasteiger partial charge in [-0.25, -0.2) is 0 Å². The molecule has 0 spiro atoms. The molecule has 0 aliphatic rings. The van der Waals surface area contributed by atoms with E-state index in [2.05, 4.69) is 38.2 Å². The molecule has 0 saturated carbocycles. The Bertz CT molecular complexity index is 350. The van der Waals surface area contributed by atoms with E-state index in [0.717, 1.165) is 31.7 Å². The van der Waals surface area contributed by atoms with Crippen LogP contribution in [0.1, 0.15) is 45.2 Å². The first-order chi connectivity index (χ1) is 9.28. The average Bonchev–Trinajstić information content (AvgIpc) is 2.46. The van der Waals surface area contributed by atoms with Gasteiger partial charge in [-0.2, -0.15) is 0 Å². The van der Waals surface area contributed by atoms with Crippen LogP contribution in [-0.4, -0.2) is 26.4 Å². The highest BCUT2D eigenvalue weighted by Gasteiger charge is 2.23. The van der Waals surface area contributed by atoms with Gasteiger partial charge in [0.1, 0.15) is 5.75 Å². The monoisotopic (exact) mass is 265 g/mol. The largest absolute Gasteiger partial charge is 0.493 e. The third-order valence-corrected chi connectivity index (χ3v) is 3.22. The van der Waals surface area contributed by atoms with Crippen molar-refractivity contribution >= 4 is 0 Å². The number of ether oxygens (including phenoxy) is 2. The van der Waals surface area contributed by atoms with Gasteiger partial charge >= 0.3 is 0 Å². The van der Waals surface area contributed by atoms with Crippen molar-refractivity contribution in [2.24, 2.45) is 0 Å². The predicted octanol–water partition coefficient (Wildman–Crippen LogP) is 3.55. The van der Waals surface area contributed by atoms with E-state index in [1.807, 2.05) is 12.1 Å². The number of hydrogen-bond acceptors (Lipinski definition) is 3. The first-order valence-electron chi connectivity index (χ1n) is 7.26. The lowest BCUT2D eigenvalue weighted by molar-refractivity contribution is 0.0645. The topological polar surface area (TPSA) is 30.5 Å². The van der Waals surface area contributed by atoms with E-state index in [-0.39, 0.29) is 12.1 Å². The molecule has 3 nitrogen and oxygen atoms in total. The number of methoxy groups -OCH3 is 1. The minimum Gasteiger partial charge on any atom is -0.493 e. The van der Waals surface area contributed by atoms with Crippen LogP contribution in [0.2, 0.25) is 0 Å². The minimum absolute atomic E-state index is 0.159. The average molecular weight is 265 g/mol. The lowest BCUT2D eigenvalue weighted by Gasteiger charge is -2.27. The Morgan fingerprint density at radius 1 is 1.16 bits per heavy atom. The molecule has 19 heavy (non-hydrogen) atoms. The lowest BCUT2D eigenvalue weighted by atomic mass is 9.98. The Kier molecular flexibility index (Phi) is 7.53. The molecule has 3 heteroatoms. The molecule has 2 unspecified atom stereocenters. The lowest BCUT2D eigenvalue weighted by Crippen LogP contribution is -2.33. The summed E-state index contributed by atoms with van der Waals surface area (Å²) in [6, 6.07) is 8.41. The fraction of sp³-hybridized carbons (Fsp3) is 0.625. The Morgan fingerprint density at radius 3 is 2.47 bits per heavy atom. The molecule has 0 radical (unpaired) electrons. The number of rotatable bonds is 9. The SMILES string of the molecule is CCCOc1ccccc1C(NCC)C(CC)OC. The summed E-state index contributed by atoms with van der Waals surface area (Å²) in [6.45, 7) is 8.04. The van der Waals surface area contributed by atoms with Gasteiger partial charge in [0.2, 0.25) is 0 Å². The van der Waals surface area contributed by atoms with Gasteiger partial charge in [0.05, 0.1) is 18.8 Å². The maximum atomic E-state index is 5.86. The Labute approximate surface area is 117 Å². The maximum absolute atomic E-state index is 5.86. The third-order valence-electron chi connectivity index (χ3n) is 3.22. The first-order valence-corrected chi connectivity index (χ1v) is 7.26. The number of likely N-dealkylation sites (N-methyl/N-ethyl adjacent to an activating group) is 1. The van der Waals surface area contributed by atoms with Crippen LogP contribution in [0, 0.1) is 0 Å². The van der Waals surface area contributed by atoms with Crippen LogP contribution in [0.15, 0.2) is 24.3 Å². The summed E-state index contributed by atoms with van der Waals surface area (Å²) in [5.41, 5.74) is 1.19. The van der Waals surface area contributed by atoms with Crippen molar-refractivity contribution in [2.75, 3.05) is 20.3 Å². The molecule has 0 amide bonds. The normalized spacial score (nSPS) is 14.1. The highest BCUT2D eigenvalue weighted by molar-refractivity contribution is 5.36. The van der Waals surface area contributed by atoms with Crippen molar-refractivity contribution in [3.05, 3.63) is 29.8 Å². The summed E-state index contributed by atoms with van der Waals surface area (Å²) >= 11 is 0. The summed E-state index contributed by atoms with van der Waals surface area (Å²) in [5.74, 6) is 0.964. The van der Waals surface area contributed by atoms with Gasteiger partial charge in [-0.05, 0) is 25.5 Å². The second-order valence-electron chi connectivity index (χ2n) is 4.60. The molecule has 0 heterocycles. The molecular formula is C16H27NO2. The number of benzene rings is 1. The molecular weight excluding hydrogens is 238 g/mol. The Balaban J connectivity index is 2.99. The van der Waals surface area contributed by atoms with E-state index in [4.69, 9.17) is 9.47 Å². The number of para-hydroxylation sites is 1. The molecule has 0 aromatic heterocycles. The molecule has 2 atom stereocenters. The van der Waals surface area contributed by atoms with Crippen molar-refractivity contribution in [3.63, 3.8) is 0 Å². The molecule has 108 valence electrons. The number of hydrogen-bond donors (Lipinski definition) is 1. The van der Waals surface area contributed by atoms with Crippen molar-refractivity contribution in [2.45, 2.75) is 45.8 Å². The smallest absolute Gasteiger partial charge is 0.124 e. The van der Waals surface area contributed by atoms with E-state index < -0.39 is 0 Å². The van der Waals surface area contributed by atoms with Crippen LogP contribution < -0.4 is 10.1 Å². The van der Waals surface area contributed by atoms with Crippen LogP contribution >= 0.6 is 0 Å². The van der Waals surface area contributed by atoms with Crippen molar-refractivity contribution in [3.8, 4) is 5.75 Å². The second kappa shape index (κ2) is 8.94. The van der Waals surface area contributed by atoms with Gasteiger partial charge in [-0.15, -0.1) is 0 Å². The van der Waals surface area contributed by atoms with Gasteiger partial charge < -0.3 is 14.8 Å². The summed E-state index contributed by atoms with van der Waals surface area (Å²) in [4.78, 5) is 0. The van der Waals surface area contributed by atoms with Crippen molar-refractivity contribution in [1.82, 2.24) is 5.32 Å². The van der Waals surface area contributed by atoms with Gasteiger partial charge in [0.15, 0.2) is 0 Å². The van der Waals surface area contributed by atoms with E-state index >= 15 is 0 Å². The third kappa shape index (κ3) is 4.51. The van der Waals surface area contributed by atoms with Gasteiger partial charge in [-0.3, -0.25) is 0 Å². The standard InChI is InChI=1S/C16H27NO2/c1-5-12-19-15-11-9-8-10-13(15)16(17-7-3)14(6-2)18-4/h8-11,14,16-17H,5-7,12H2,1-4H3. The minimum atomic E-state index is 0.159. The molecule has 0 aliphatic heterocycles. The molecule has 1 aromatic rings. The Hall–Kier alpha value is -1.06. The van der Waals surface area contributed by atoms with Crippen molar-refractivity contribution in [1.29, 1.82) is 0 Å². The molecule has 1 rings (SSSR count). The fourth-order valence-corrected chi connectivity index (χ4v) is 2.28. The summed E-state index contributed by atoms with van der Waals surface area (Å²) in [5, 5.41) is 3.51. The molecule has 1 aromatic carbocycles. The molecule has 1 N–H and O–H groups in total. The van der Waals surface area contributed by atoms with Gasteiger partial charge in [0, 0.05) is 12.7 Å². The quantitative estimate of drug-likeness (QED) is 0.740. The second-order valence-corrected chi connectivity index (χ2v) is 4.60. The van der Waals surface area contributed by atoms with Crippen molar-refractivity contribution < 1.29 is 9.47 Å². The van der Waals surface area contributed by atoms with Crippen LogP contribution in [0.25, 0.3) is 0 Å². The summed E-state index contributed by atoms with van der Waals surface area (Å²) < 4.78 is 11.5. The van der Waals surface area contributed by atoms with E-state index in [0.29, 0.717) is 0 Å². The highest BCUT2D eigenvalue weighted by Crippen LogP contribution is 2.29. The van der Waals surface area contributed by atoms with Crippen LogP contribution in [0.3, 0.4) is 0 Å². The van der Waals surface area contributed by atoms with Gasteiger partial charge in [0.25, 0.3) is 0 Å². The highest BCUT2D eigenvalue weighted by atomic mass is 16.5. The van der Waals surface area contributed by atoms with E-state index in [1.165, 1.54) is 5.56 Å². The Morgan fingerprint density at radius 2 is 1.89 bits per heavy atom. The van der Waals surface area contributed by atoms with E-state index in [1.54, 1.807) is 7.11 Å². The summed E-state index contributed by atoms with van der Waals surface area (Å²) in [7, 11) is 1.77. The zero-order valence-corrected chi connectivity index (χ0v) is 12.6. The molecule has 0 fully saturated rings. The number of nitrogens with one attached hydrogen (secondary N) is 1. The van der Waals surface area contributed by atoms with Crippen LogP contribution in [0.5, 0.6) is 5.75 Å². The zero-order chi connectivity index (χ0) is 14.1. The zero-order valence-electron chi connectivity index (χ0n) is 12.6. The van der Waals surface area contributed by atoms with Gasteiger partial charge in [-0.1, -0.05) is 39.0 Å². The van der Waals surface area contributed by atoms with Crippen LogP contribution in [0.4, 0.5) is 0 Å². The van der Waals surface area contributed by atoms with E-state index in [9.17, 15) is 0 Å². The summed E-state index contributed by atoms with van der Waals surface area (Å²) in [6.07, 6.45) is 2.14. The first kappa shape index (κ1) is 16.0. The maximum Gasteiger partial charge on any atom is 0.124 e. The predicted molar refractivity (Wildman–Crippen MR) is 79.7 cm³/mol. The molecule has 0 saturated heterocycles. The fourth-order valence-electron chi connectivity index (χ4n) is 2.28. The molecule has 0 aliphatic carbocycles. The molecule has 0 bridgehead atoms.